The SMILES string of the molecule is CN1CCN(C(=O)c2nn(C)c3c2CCCC3)C[C@@H]1C(=O)O. The number of hydrogen-bond donors (Lipinski definition) is 1. The van der Waals surface area contributed by atoms with E-state index in [1.54, 1.807) is 16.8 Å². The van der Waals surface area contributed by atoms with Gasteiger partial charge in [0.25, 0.3) is 5.91 Å². The molecule has 0 saturated carbocycles. The Hall–Kier alpha value is -1.89. The average molecular weight is 306 g/mol. The Kier molecular flexibility index (Phi) is 3.90. The van der Waals surface area contributed by atoms with Crippen LogP contribution in [-0.2, 0) is 24.7 Å². The summed E-state index contributed by atoms with van der Waals surface area (Å²) in [6.07, 6.45) is 4.07. The number of likely N-dealkylation sites (N-methyl/N-ethyl adjacent to an activating group) is 1. The van der Waals surface area contributed by atoms with Crippen LogP contribution in [0.1, 0.15) is 34.6 Å². The van der Waals surface area contributed by atoms with Gasteiger partial charge in [-0.05, 0) is 32.7 Å². The van der Waals surface area contributed by atoms with Crippen molar-refractivity contribution in [2.75, 3.05) is 26.7 Å². The Labute approximate surface area is 129 Å². The number of rotatable bonds is 2. The summed E-state index contributed by atoms with van der Waals surface area (Å²) in [5.74, 6) is -1.01. The third-order valence-electron chi connectivity index (χ3n) is 4.79. The van der Waals surface area contributed by atoms with E-state index >= 15 is 0 Å². The molecule has 0 unspecified atom stereocenters. The summed E-state index contributed by atoms with van der Waals surface area (Å²) < 4.78 is 1.81. The number of aryl methyl sites for hydroxylation is 1. The fraction of sp³-hybridized carbons (Fsp3) is 0.667. The monoisotopic (exact) mass is 306 g/mol. The Morgan fingerprint density at radius 2 is 1.91 bits per heavy atom. The molecule has 1 N–H and O–H groups in total. The first-order valence-electron chi connectivity index (χ1n) is 7.76. The average Bonchev–Trinajstić information content (AvgIpc) is 2.84. The first-order chi connectivity index (χ1) is 10.5. The zero-order valence-electron chi connectivity index (χ0n) is 13.1. The smallest absolute Gasteiger partial charge is 0.322 e. The summed E-state index contributed by atoms with van der Waals surface area (Å²) in [6, 6.07) is -0.641. The number of piperazine rings is 1. The summed E-state index contributed by atoms with van der Waals surface area (Å²) in [6.45, 7) is 1.33. The maximum atomic E-state index is 12.8. The highest BCUT2D eigenvalue weighted by atomic mass is 16.4. The maximum Gasteiger partial charge on any atom is 0.322 e. The topological polar surface area (TPSA) is 78.7 Å². The second kappa shape index (κ2) is 5.72. The molecule has 0 aromatic carbocycles. The van der Waals surface area contributed by atoms with Crippen LogP contribution >= 0.6 is 0 Å². The van der Waals surface area contributed by atoms with Crippen LogP contribution in [0.25, 0.3) is 0 Å². The van der Waals surface area contributed by atoms with Gasteiger partial charge in [-0.2, -0.15) is 5.10 Å². The number of amides is 1. The molecule has 22 heavy (non-hydrogen) atoms. The second-order valence-electron chi connectivity index (χ2n) is 6.19. The van der Waals surface area contributed by atoms with E-state index in [4.69, 9.17) is 0 Å². The summed E-state index contributed by atoms with van der Waals surface area (Å²) in [4.78, 5) is 27.5. The van der Waals surface area contributed by atoms with E-state index in [-0.39, 0.29) is 12.5 Å². The molecule has 2 aliphatic rings. The van der Waals surface area contributed by atoms with E-state index in [0.29, 0.717) is 18.8 Å². The fourth-order valence-electron chi connectivity index (χ4n) is 3.42. The van der Waals surface area contributed by atoms with E-state index in [2.05, 4.69) is 5.10 Å². The summed E-state index contributed by atoms with van der Waals surface area (Å²) in [5, 5.41) is 13.7. The predicted octanol–water partition coefficient (Wildman–Crippen LogP) is 0.140. The lowest BCUT2D eigenvalue weighted by Gasteiger charge is -2.37. The minimum absolute atomic E-state index is 0.127. The van der Waals surface area contributed by atoms with Gasteiger partial charge in [-0.3, -0.25) is 19.2 Å². The summed E-state index contributed by atoms with van der Waals surface area (Å²) in [5.41, 5.74) is 2.73. The van der Waals surface area contributed by atoms with Gasteiger partial charge in [0, 0.05) is 37.9 Å². The fourth-order valence-corrected chi connectivity index (χ4v) is 3.42. The van der Waals surface area contributed by atoms with Crippen molar-refractivity contribution in [2.24, 2.45) is 7.05 Å². The van der Waals surface area contributed by atoms with Crippen molar-refractivity contribution in [2.45, 2.75) is 31.7 Å². The van der Waals surface area contributed by atoms with Crippen LogP contribution in [0.5, 0.6) is 0 Å². The zero-order chi connectivity index (χ0) is 15.9. The van der Waals surface area contributed by atoms with Crippen molar-refractivity contribution in [1.29, 1.82) is 0 Å². The van der Waals surface area contributed by atoms with Crippen LogP contribution in [0.4, 0.5) is 0 Å². The van der Waals surface area contributed by atoms with Gasteiger partial charge in [-0.1, -0.05) is 0 Å². The molecule has 120 valence electrons. The van der Waals surface area contributed by atoms with E-state index in [0.717, 1.165) is 36.9 Å². The Morgan fingerprint density at radius 3 is 2.64 bits per heavy atom. The molecular weight excluding hydrogens is 284 g/mol. The highest BCUT2D eigenvalue weighted by molar-refractivity contribution is 5.94. The molecule has 0 radical (unpaired) electrons. The maximum absolute atomic E-state index is 12.8. The van der Waals surface area contributed by atoms with Crippen LogP contribution in [0.3, 0.4) is 0 Å². The third-order valence-corrected chi connectivity index (χ3v) is 4.79. The van der Waals surface area contributed by atoms with Gasteiger partial charge in [0.15, 0.2) is 5.69 Å². The Morgan fingerprint density at radius 1 is 1.18 bits per heavy atom. The van der Waals surface area contributed by atoms with E-state index < -0.39 is 12.0 Å². The van der Waals surface area contributed by atoms with E-state index in [1.807, 2.05) is 11.7 Å². The minimum atomic E-state index is -0.886. The van der Waals surface area contributed by atoms with Gasteiger partial charge < -0.3 is 10.0 Å². The number of aliphatic carboxylic acids is 1. The molecule has 1 saturated heterocycles. The molecule has 0 bridgehead atoms. The zero-order valence-corrected chi connectivity index (χ0v) is 13.1. The molecule has 1 aromatic rings. The number of fused-ring (bicyclic) bond motifs is 1. The molecule has 1 atom stereocenters. The number of carbonyl (C=O) groups excluding carboxylic acids is 1. The van der Waals surface area contributed by atoms with Crippen LogP contribution in [0.15, 0.2) is 0 Å². The second-order valence-corrected chi connectivity index (χ2v) is 6.19. The largest absolute Gasteiger partial charge is 0.480 e. The molecule has 1 aliphatic carbocycles. The lowest BCUT2D eigenvalue weighted by atomic mass is 9.95. The Balaban J connectivity index is 1.84. The number of carbonyl (C=O) groups is 2. The van der Waals surface area contributed by atoms with Crippen LogP contribution in [0.2, 0.25) is 0 Å². The normalized spacial score (nSPS) is 22.5. The molecule has 1 fully saturated rings. The van der Waals surface area contributed by atoms with Crippen LogP contribution in [0, 0.1) is 0 Å². The van der Waals surface area contributed by atoms with Gasteiger partial charge in [0.05, 0.1) is 0 Å². The molecule has 1 amide bonds. The third kappa shape index (κ3) is 2.49. The van der Waals surface area contributed by atoms with Crippen molar-refractivity contribution in [1.82, 2.24) is 19.6 Å². The highest BCUT2D eigenvalue weighted by Gasteiger charge is 2.34. The first kappa shape index (κ1) is 15.0. The van der Waals surface area contributed by atoms with Gasteiger partial charge in [0.2, 0.25) is 0 Å². The van der Waals surface area contributed by atoms with Gasteiger partial charge in [0.1, 0.15) is 6.04 Å². The molecule has 7 heteroatoms. The quantitative estimate of drug-likeness (QED) is 0.841. The number of nitrogens with zero attached hydrogens (tertiary/aromatic N) is 4. The lowest BCUT2D eigenvalue weighted by Crippen LogP contribution is -2.56. The number of hydrogen-bond acceptors (Lipinski definition) is 4. The van der Waals surface area contributed by atoms with Crippen molar-refractivity contribution in [3.63, 3.8) is 0 Å². The van der Waals surface area contributed by atoms with Crippen molar-refractivity contribution >= 4 is 11.9 Å². The Bertz CT molecular complexity index is 610. The van der Waals surface area contributed by atoms with E-state index in [1.165, 1.54) is 0 Å². The van der Waals surface area contributed by atoms with Crippen LogP contribution in [-0.4, -0.2) is 69.3 Å². The number of aromatic nitrogens is 2. The van der Waals surface area contributed by atoms with Gasteiger partial charge >= 0.3 is 5.97 Å². The minimum Gasteiger partial charge on any atom is -0.480 e. The lowest BCUT2D eigenvalue weighted by molar-refractivity contribution is -0.144. The van der Waals surface area contributed by atoms with Crippen molar-refractivity contribution < 1.29 is 14.7 Å². The van der Waals surface area contributed by atoms with Gasteiger partial charge in [-0.25, -0.2) is 0 Å². The molecule has 3 rings (SSSR count). The molecular formula is C15H22N4O3. The van der Waals surface area contributed by atoms with Gasteiger partial charge in [-0.15, -0.1) is 0 Å². The molecule has 0 spiro atoms. The van der Waals surface area contributed by atoms with Crippen molar-refractivity contribution in [3.05, 3.63) is 17.0 Å². The summed E-state index contributed by atoms with van der Waals surface area (Å²) in [7, 11) is 3.66. The summed E-state index contributed by atoms with van der Waals surface area (Å²) >= 11 is 0. The highest BCUT2D eigenvalue weighted by Crippen LogP contribution is 2.25. The van der Waals surface area contributed by atoms with Crippen molar-refractivity contribution in [3.8, 4) is 0 Å². The molecule has 1 aliphatic heterocycles. The standard InChI is InChI=1S/C15H22N4O3/c1-17-7-8-19(9-12(17)15(21)22)14(20)13-10-5-3-4-6-11(10)18(2)16-13/h12H,3-9H2,1-2H3,(H,21,22)/t12-/m1/s1. The number of carboxylic acids is 1. The molecule has 1 aromatic heterocycles. The molecule has 2 heterocycles. The first-order valence-corrected chi connectivity index (χ1v) is 7.76. The molecule has 7 nitrogen and oxygen atoms in total. The van der Waals surface area contributed by atoms with Crippen LogP contribution < -0.4 is 0 Å². The predicted molar refractivity (Wildman–Crippen MR) is 79.8 cm³/mol. The van der Waals surface area contributed by atoms with E-state index in [9.17, 15) is 14.7 Å². The number of carboxylic acid groups (broad SMARTS) is 1.